The molecular weight excluding hydrogens is 408 g/mol. The summed E-state index contributed by atoms with van der Waals surface area (Å²) in [4.78, 5) is 12.8. The summed E-state index contributed by atoms with van der Waals surface area (Å²) < 4.78 is 0. The van der Waals surface area contributed by atoms with Crippen molar-refractivity contribution in [1.29, 1.82) is 0 Å². The highest BCUT2D eigenvalue weighted by Gasteiger charge is 2.60. The molecule has 9 atom stereocenters. The van der Waals surface area contributed by atoms with Crippen molar-refractivity contribution < 1.29 is 15.0 Å². The Bertz CT molecular complexity index is 798. The lowest BCUT2D eigenvalue weighted by molar-refractivity contribution is -0.173. The predicted molar refractivity (Wildman–Crippen MR) is 135 cm³/mol. The number of carboxylic acid groups (broad SMARTS) is 1. The average Bonchev–Trinajstić information content (AvgIpc) is 2.72. The monoisotopic (exact) mass is 458 g/mol. The molecule has 2 N–H and O–H groups in total. The van der Waals surface area contributed by atoms with E-state index in [1.807, 2.05) is 0 Å². The smallest absolute Gasteiger partial charge is 0.310 e. The Hall–Kier alpha value is -0.830. The van der Waals surface area contributed by atoms with Crippen molar-refractivity contribution in [3.8, 4) is 0 Å². The van der Waals surface area contributed by atoms with Gasteiger partial charge in [0.15, 0.2) is 0 Å². The van der Waals surface area contributed by atoms with Gasteiger partial charge in [-0.1, -0.05) is 59.6 Å². The fourth-order valence-corrected chi connectivity index (χ4v) is 9.94. The second-order valence-electron chi connectivity index (χ2n) is 14.0. The summed E-state index contributed by atoms with van der Waals surface area (Å²) >= 11 is 0. The molecule has 0 bridgehead atoms. The van der Waals surface area contributed by atoms with Gasteiger partial charge in [-0.3, -0.25) is 4.79 Å². The van der Waals surface area contributed by atoms with Crippen LogP contribution in [0.25, 0.3) is 0 Å². The Labute approximate surface area is 202 Å². The van der Waals surface area contributed by atoms with Gasteiger partial charge in [0, 0.05) is 0 Å². The van der Waals surface area contributed by atoms with Gasteiger partial charge < -0.3 is 10.2 Å². The van der Waals surface area contributed by atoms with Crippen molar-refractivity contribution in [3.63, 3.8) is 0 Å². The molecule has 188 valence electrons. The van der Waals surface area contributed by atoms with E-state index in [1.165, 1.54) is 18.4 Å². The fraction of sp³-hybridized carbons (Fsp3) is 0.900. The Kier molecular flexibility index (Phi) is 6.42. The van der Waals surface area contributed by atoms with Crippen LogP contribution in [0.3, 0.4) is 0 Å². The first-order valence-corrected chi connectivity index (χ1v) is 13.9. The number of carbonyl (C=O) groups is 1. The highest BCUT2D eigenvalue weighted by molar-refractivity contribution is 5.76. The van der Waals surface area contributed by atoms with Gasteiger partial charge in [0.2, 0.25) is 0 Å². The van der Waals surface area contributed by atoms with Crippen LogP contribution in [0.4, 0.5) is 0 Å². The maximum Gasteiger partial charge on any atom is 0.310 e. The third-order valence-corrected chi connectivity index (χ3v) is 12.2. The van der Waals surface area contributed by atoms with E-state index in [9.17, 15) is 15.0 Å². The molecule has 0 radical (unpaired) electrons. The number of rotatable bonds is 1. The number of aliphatic carboxylic acids is 1. The van der Waals surface area contributed by atoms with Crippen LogP contribution in [-0.2, 0) is 4.79 Å². The molecule has 0 amide bonds. The van der Waals surface area contributed by atoms with Crippen molar-refractivity contribution in [2.45, 2.75) is 119 Å². The number of aliphatic hydroxyl groups is 1. The van der Waals surface area contributed by atoms with Gasteiger partial charge in [0.05, 0.1) is 11.5 Å². The van der Waals surface area contributed by atoms with Gasteiger partial charge in [-0.05, 0) is 111 Å². The van der Waals surface area contributed by atoms with Gasteiger partial charge in [-0.25, -0.2) is 0 Å². The highest BCUT2D eigenvalue weighted by atomic mass is 16.4. The van der Waals surface area contributed by atoms with Crippen molar-refractivity contribution in [3.05, 3.63) is 11.6 Å². The van der Waals surface area contributed by atoms with Gasteiger partial charge in [-0.15, -0.1) is 0 Å². The van der Waals surface area contributed by atoms with E-state index in [2.05, 4.69) is 54.5 Å². The van der Waals surface area contributed by atoms with Crippen LogP contribution in [-0.4, -0.2) is 22.3 Å². The van der Waals surface area contributed by atoms with E-state index in [0.29, 0.717) is 23.7 Å². The Morgan fingerprint density at radius 1 is 0.939 bits per heavy atom. The zero-order valence-corrected chi connectivity index (χ0v) is 22.4. The molecule has 0 aromatic carbocycles. The van der Waals surface area contributed by atoms with Crippen molar-refractivity contribution >= 4 is 5.97 Å². The molecule has 3 saturated carbocycles. The molecule has 9 unspecified atom stereocenters. The summed E-state index contributed by atoms with van der Waals surface area (Å²) in [7, 11) is 0. The average molecular weight is 459 g/mol. The molecule has 0 spiro atoms. The van der Waals surface area contributed by atoms with Crippen LogP contribution in [0.1, 0.15) is 113 Å². The minimum atomic E-state index is -0.590. The topological polar surface area (TPSA) is 57.5 Å². The maximum absolute atomic E-state index is 12.8. The lowest BCUT2D eigenvalue weighted by Gasteiger charge is -2.64. The fourth-order valence-electron chi connectivity index (χ4n) is 9.94. The molecule has 4 aliphatic carbocycles. The van der Waals surface area contributed by atoms with E-state index in [1.54, 1.807) is 0 Å². The predicted octanol–water partition coefficient (Wildman–Crippen LogP) is 7.48. The molecule has 3 fully saturated rings. The number of hydrogen-bond acceptors (Lipinski definition) is 2. The van der Waals surface area contributed by atoms with Gasteiger partial charge in [-0.2, -0.15) is 0 Å². The van der Waals surface area contributed by atoms with Crippen LogP contribution in [0, 0.1) is 51.2 Å². The number of carboxylic acids is 1. The summed E-state index contributed by atoms with van der Waals surface area (Å²) in [5.41, 5.74) is 1.20. The molecular formula is C30H50O3. The molecule has 0 heterocycles. The maximum atomic E-state index is 12.8. The summed E-state index contributed by atoms with van der Waals surface area (Å²) in [6.07, 6.45) is 12.6. The summed E-state index contributed by atoms with van der Waals surface area (Å²) in [6, 6.07) is 0. The third kappa shape index (κ3) is 3.74. The molecule has 0 aromatic rings. The van der Waals surface area contributed by atoms with E-state index in [-0.39, 0.29) is 28.3 Å². The first-order valence-electron chi connectivity index (χ1n) is 13.9. The van der Waals surface area contributed by atoms with Crippen molar-refractivity contribution in [2.24, 2.45) is 51.2 Å². The third-order valence-electron chi connectivity index (χ3n) is 12.2. The Morgan fingerprint density at radius 2 is 1.64 bits per heavy atom. The molecule has 3 nitrogen and oxygen atoms in total. The van der Waals surface area contributed by atoms with E-state index in [0.717, 1.165) is 51.4 Å². The first-order chi connectivity index (χ1) is 15.3. The van der Waals surface area contributed by atoms with Crippen LogP contribution in [0.15, 0.2) is 11.6 Å². The Balaban J connectivity index is 1.76. The van der Waals surface area contributed by atoms with E-state index >= 15 is 0 Å². The second-order valence-corrected chi connectivity index (χ2v) is 14.0. The summed E-state index contributed by atoms with van der Waals surface area (Å²) in [5, 5.41) is 21.4. The summed E-state index contributed by atoms with van der Waals surface area (Å²) in [6.45, 7) is 16.5. The molecule has 4 aliphatic rings. The lowest BCUT2D eigenvalue weighted by atomic mass is 9.41. The molecule has 0 saturated heterocycles. The quantitative estimate of drug-likeness (QED) is 0.400. The Morgan fingerprint density at radius 3 is 2.30 bits per heavy atom. The normalized spacial score (nSPS) is 50.2. The number of hydrogen-bond donors (Lipinski definition) is 2. The van der Waals surface area contributed by atoms with Crippen LogP contribution in [0.2, 0.25) is 0 Å². The molecule has 3 heteroatoms. The molecule has 0 aliphatic heterocycles. The van der Waals surface area contributed by atoms with Crippen molar-refractivity contribution in [2.75, 3.05) is 0 Å². The number of aliphatic hydroxyl groups excluding tert-OH is 1. The second kappa shape index (κ2) is 8.38. The zero-order chi connectivity index (χ0) is 24.4. The molecule has 0 aromatic heterocycles. The van der Waals surface area contributed by atoms with E-state index in [4.69, 9.17) is 0 Å². The van der Waals surface area contributed by atoms with Gasteiger partial charge >= 0.3 is 5.97 Å². The van der Waals surface area contributed by atoms with Crippen molar-refractivity contribution in [1.82, 2.24) is 0 Å². The van der Waals surface area contributed by atoms with E-state index < -0.39 is 11.4 Å². The zero-order valence-electron chi connectivity index (χ0n) is 22.4. The minimum Gasteiger partial charge on any atom is -0.481 e. The lowest BCUT2D eigenvalue weighted by Crippen LogP contribution is -2.58. The number of allylic oxidation sites excluding steroid dienone is 2. The largest absolute Gasteiger partial charge is 0.481 e. The van der Waals surface area contributed by atoms with Crippen LogP contribution >= 0.6 is 0 Å². The highest BCUT2D eigenvalue weighted by Crippen LogP contribution is 2.67. The molecule has 33 heavy (non-hydrogen) atoms. The minimum absolute atomic E-state index is 0.0335. The molecule has 4 rings (SSSR count). The van der Waals surface area contributed by atoms with Crippen LogP contribution < -0.4 is 0 Å². The van der Waals surface area contributed by atoms with Gasteiger partial charge in [0.1, 0.15) is 0 Å². The first kappa shape index (κ1) is 25.3. The number of fused-ring (bicyclic) bond motifs is 4. The standard InChI is InChI=1S/C30H50O3/c1-19-11-18-30(26(32)33)15-8-14-28(6)16-12-22-27(4,5)24(31)13-17-29(22,7)23(28)10-9-20(2)25(30)21(19)3/h9,19,21-25,31H,8,10-18H2,1-7H3,(H,32,33). The van der Waals surface area contributed by atoms with Gasteiger partial charge in [0.25, 0.3) is 0 Å². The summed E-state index contributed by atoms with van der Waals surface area (Å²) in [5.74, 6) is 1.74. The SMILES string of the molecule is CC1=CCC2C(C)(CCCC3(C(=O)O)CCC(C)C(C)C13)CCC1C(C)(C)C(O)CCC21C. The van der Waals surface area contributed by atoms with Crippen LogP contribution in [0.5, 0.6) is 0 Å².